The maximum Gasteiger partial charge on any atom is 0.251 e. The Morgan fingerprint density at radius 1 is 1.08 bits per heavy atom. The molecule has 0 aliphatic heterocycles. The van der Waals surface area contributed by atoms with Crippen LogP contribution in [0.15, 0.2) is 64.0 Å². The van der Waals surface area contributed by atoms with Gasteiger partial charge in [-0.05, 0) is 31.2 Å². The van der Waals surface area contributed by atoms with Crippen molar-refractivity contribution in [3.63, 3.8) is 0 Å². The highest BCUT2D eigenvalue weighted by Crippen LogP contribution is 2.21. The topological polar surface area (TPSA) is 89.3 Å². The second-order valence-electron chi connectivity index (χ2n) is 6.02. The molecule has 1 heterocycles. The van der Waals surface area contributed by atoms with E-state index < -0.39 is 9.84 Å². The molecule has 3 rings (SSSR count). The lowest BCUT2D eigenvalue weighted by Gasteiger charge is -2.03. The van der Waals surface area contributed by atoms with Gasteiger partial charge in [0, 0.05) is 23.4 Å². The number of carbonyl (C=O) groups is 1. The fourth-order valence-corrected chi connectivity index (χ4v) is 3.01. The van der Waals surface area contributed by atoms with Crippen molar-refractivity contribution in [1.29, 1.82) is 0 Å². The van der Waals surface area contributed by atoms with Gasteiger partial charge in [-0.25, -0.2) is 8.42 Å². The minimum absolute atomic E-state index is 0.194. The molecule has 0 saturated carbocycles. The van der Waals surface area contributed by atoms with Gasteiger partial charge in [0.2, 0.25) is 0 Å². The maximum atomic E-state index is 12.1. The predicted molar refractivity (Wildman–Crippen MR) is 97.4 cm³/mol. The SMILES string of the molecule is Cc1ccc(C(=O)NCc2cc(-c3ccc(S(C)(=O)=O)cc3)no2)cc1. The summed E-state index contributed by atoms with van der Waals surface area (Å²) in [6.45, 7) is 2.17. The summed E-state index contributed by atoms with van der Waals surface area (Å²) >= 11 is 0. The Morgan fingerprint density at radius 2 is 1.73 bits per heavy atom. The van der Waals surface area contributed by atoms with E-state index in [0.29, 0.717) is 17.0 Å². The number of aromatic nitrogens is 1. The van der Waals surface area contributed by atoms with Gasteiger partial charge in [-0.15, -0.1) is 0 Å². The average Bonchev–Trinajstić information content (AvgIpc) is 3.09. The Bertz CT molecular complexity index is 1020. The Labute approximate surface area is 151 Å². The third kappa shape index (κ3) is 4.18. The summed E-state index contributed by atoms with van der Waals surface area (Å²) < 4.78 is 28.2. The zero-order valence-corrected chi connectivity index (χ0v) is 15.2. The normalized spacial score (nSPS) is 11.3. The molecule has 6 nitrogen and oxygen atoms in total. The zero-order valence-electron chi connectivity index (χ0n) is 14.4. The van der Waals surface area contributed by atoms with E-state index in [1.807, 2.05) is 19.1 Å². The van der Waals surface area contributed by atoms with Crippen molar-refractivity contribution in [2.45, 2.75) is 18.4 Å². The molecular weight excluding hydrogens is 352 g/mol. The number of rotatable bonds is 5. The molecule has 0 fully saturated rings. The van der Waals surface area contributed by atoms with Crippen molar-refractivity contribution >= 4 is 15.7 Å². The molecule has 0 unspecified atom stereocenters. The van der Waals surface area contributed by atoms with Gasteiger partial charge in [-0.1, -0.05) is 35.0 Å². The van der Waals surface area contributed by atoms with E-state index in [9.17, 15) is 13.2 Å². The van der Waals surface area contributed by atoms with E-state index in [1.54, 1.807) is 30.3 Å². The van der Waals surface area contributed by atoms with Crippen molar-refractivity contribution in [2.75, 3.05) is 6.26 Å². The van der Waals surface area contributed by atoms with Crippen LogP contribution < -0.4 is 5.32 Å². The first-order valence-electron chi connectivity index (χ1n) is 7.94. The fourth-order valence-electron chi connectivity index (χ4n) is 2.38. The first kappa shape index (κ1) is 17.9. The number of amides is 1. The number of carbonyl (C=O) groups excluding carboxylic acids is 1. The van der Waals surface area contributed by atoms with Crippen LogP contribution in [0.3, 0.4) is 0 Å². The van der Waals surface area contributed by atoms with Crippen LogP contribution in [0.25, 0.3) is 11.3 Å². The molecular formula is C19H18N2O4S. The molecule has 0 saturated heterocycles. The second kappa shape index (κ2) is 7.13. The van der Waals surface area contributed by atoms with Gasteiger partial charge in [0.25, 0.3) is 5.91 Å². The number of sulfone groups is 1. The summed E-state index contributed by atoms with van der Waals surface area (Å²) in [5, 5.41) is 6.74. The number of hydrogen-bond acceptors (Lipinski definition) is 5. The summed E-state index contributed by atoms with van der Waals surface area (Å²) in [5.74, 6) is 0.313. The molecule has 134 valence electrons. The minimum Gasteiger partial charge on any atom is -0.359 e. The van der Waals surface area contributed by atoms with Crippen molar-refractivity contribution < 1.29 is 17.7 Å². The van der Waals surface area contributed by atoms with Crippen LogP contribution >= 0.6 is 0 Å². The van der Waals surface area contributed by atoms with Gasteiger partial charge in [-0.2, -0.15) is 0 Å². The molecule has 3 aromatic rings. The van der Waals surface area contributed by atoms with E-state index in [1.165, 1.54) is 12.1 Å². The van der Waals surface area contributed by atoms with Crippen LogP contribution in [-0.4, -0.2) is 25.7 Å². The van der Waals surface area contributed by atoms with Crippen LogP contribution in [0.1, 0.15) is 21.7 Å². The van der Waals surface area contributed by atoms with Gasteiger partial charge < -0.3 is 9.84 Å². The lowest BCUT2D eigenvalue weighted by Crippen LogP contribution is -2.22. The molecule has 26 heavy (non-hydrogen) atoms. The molecule has 7 heteroatoms. The van der Waals surface area contributed by atoms with Crippen LogP contribution in [0.2, 0.25) is 0 Å². The average molecular weight is 370 g/mol. The molecule has 1 N–H and O–H groups in total. The van der Waals surface area contributed by atoms with Gasteiger partial charge in [0.05, 0.1) is 11.4 Å². The van der Waals surface area contributed by atoms with E-state index in [4.69, 9.17) is 4.52 Å². The van der Waals surface area contributed by atoms with E-state index in [-0.39, 0.29) is 17.3 Å². The monoisotopic (exact) mass is 370 g/mol. The Morgan fingerprint density at radius 3 is 2.35 bits per heavy atom. The molecule has 1 amide bonds. The summed E-state index contributed by atoms with van der Waals surface area (Å²) in [4.78, 5) is 12.4. The summed E-state index contributed by atoms with van der Waals surface area (Å²) in [7, 11) is -3.24. The van der Waals surface area contributed by atoms with Gasteiger partial charge in [0.15, 0.2) is 15.6 Å². The number of nitrogens with zero attached hydrogens (tertiary/aromatic N) is 1. The molecule has 0 bridgehead atoms. The van der Waals surface area contributed by atoms with Crippen LogP contribution in [-0.2, 0) is 16.4 Å². The summed E-state index contributed by atoms with van der Waals surface area (Å²) in [6.07, 6.45) is 1.16. The van der Waals surface area contributed by atoms with Crippen molar-refractivity contribution in [2.24, 2.45) is 0 Å². The smallest absolute Gasteiger partial charge is 0.251 e. The Kier molecular flexibility index (Phi) is 4.90. The molecule has 2 aromatic carbocycles. The predicted octanol–water partition coefficient (Wildman–Crippen LogP) is 2.98. The molecule has 0 aliphatic carbocycles. The van der Waals surface area contributed by atoms with Gasteiger partial charge in [0.1, 0.15) is 5.69 Å². The summed E-state index contributed by atoms with van der Waals surface area (Å²) in [5.41, 5.74) is 2.97. The maximum absolute atomic E-state index is 12.1. The van der Waals surface area contributed by atoms with E-state index in [2.05, 4.69) is 10.5 Å². The first-order valence-corrected chi connectivity index (χ1v) is 9.83. The standard InChI is InChI=1S/C19H18N2O4S/c1-13-3-5-15(6-4-13)19(22)20-12-16-11-18(21-25-16)14-7-9-17(10-8-14)26(2,23)24/h3-11H,12H2,1-2H3,(H,20,22). The van der Waals surface area contributed by atoms with Gasteiger partial charge in [-0.3, -0.25) is 4.79 Å². The number of benzene rings is 2. The highest BCUT2D eigenvalue weighted by Gasteiger charge is 2.11. The highest BCUT2D eigenvalue weighted by molar-refractivity contribution is 7.90. The van der Waals surface area contributed by atoms with Gasteiger partial charge >= 0.3 is 0 Å². The summed E-state index contributed by atoms with van der Waals surface area (Å²) in [6, 6.07) is 15.4. The number of nitrogens with one attached hydrogen (secondary N) is 1. The van der Waals surface area contributed by atoms with E-state index >= 15 is 0 Å². The van der Waals surface area contributed by atoms with Crippen molar-refractivity contribution in [3.05, 3.63) is 71.5 Å². The third-order valence-electron chi connectivity index (χ3n) is 3.87. The Hall–Kier alpha value is -2.93. The second-order valence-corrected chi connectivity index (χ2v) is 8.04. The zero-order chi connectivity index (χ0) is 18.7. The fraction of sp³-hybridized carbons (Fsp3) is 0.158. The van der Waals surface area contributed by atoms with E-state index in [0.717, 1.165) is 17.4 Å². The Balaban J connectivity index is 1.66. The lowest BCUT2D eigenvalue weighted by molar-refractivity contribution is 0.0947. The molecule has 0 atom stereocenters. The number of aryl methyl sites for hydroxylation is 1. The van der Waals surface area contributed by atoms with Crippen LogP contribution in [0.5, 0.6) is 0 Å². The molecule has 0 radical (unpaired) electrons. The highest BCUT2D eigenvalue weighted by atomic mass is 32.2. The lowest BCUT2D eigenvalue weighted by atomic mass is 10.1. The first-order chi connectivity index (χ1) is 12.3. The molecule has 1 aromatic heterocycles. The van der Waals surface area contributed by atoms with Crippen molar-refractivity contribution in [1.82, 2.24) is 10.5 Å². The largest absolute Gasteiger partial charge is 0.359 e. The minimum atomic E-state index is -3.24. The van der Waals surface area contributed by atoms with Crippen LogP contribution in [0, 0.1) is 6.92 Å². The number of hydrogen-bond donors (Lipinski definition) is 1. The quantitative estimate of drug-likeness (QED) is 0.746. The molecule has 0 aliphatic rings. The van der Waals surface area contributed by atoms with Crippen molar-refractivity contribution in [3.8, 4) is 11.3 Å². The molecule has 0 spiro atoms. The van der Waals surface area contributed by atoms with Crippen LogP contribution in [0.4, 0.5) is 0 Å². The third-order valence-corrected chi connectivity index (χ3v) is 5.00.